The van der Waals surface area contributed by atoms with Gasteiger partial charge in [-0.3, -0.25) is 9.59 Å². The van der Waals surface area contributed by atoms with Crippen LogP contribution in [0.5, 0.6) is 0 Å². The van der Waals surface area contributed by atoms with Gasteiger partial charge in [0.05, 0.1) is 0 Å². The standard InChI is InChI=1S/C20H20N2O2S/c1-13-3-6-17-16(11-13)19(23)15-5-4-14(12-18(15)25-17)20(24)22-9-7-21(2)8-10-22/h3-6,11-12H,7-10H2,1-2H3. The first-order valence-corrected chi connectivity index (χ1v) is 9.29. The average Bonchev–Trinajstić information content (AvgIpc) is 2.62. The largest absolute Gasteiger partial charge is 0.336 e. The van der Waals surface area contributed by atoms with Crippen LogP contribution in [0.4, 0.5) is 0 Å². The number of piperazine rings is 1. The van der Waals surface area contributed by atoms with E-state index in [1.165, 1.54) is 0 Å². The molecule has 0 unspecified atom stereocenters. The lowest BCUT2D eigenvalue weighted by molar-refractivity contribution is 0.0664. The molecule has 1 saturated heterocycles. The summed E-state index contributed by atoms with van der Waals surface area (Å²) in [6, 6.07) is 11.4. The number of aryl methyl sites for hydroxylation is 1. The van der Waals surface area contributed by atoms with Crippen LogP contribution in [0, 0.1) is 6.92 Å². The van der Waals surface area contributed by atoms with Crippen molar-refractivity contribution in [3.8, 4) is 0 Å². The van der Waals surface area contributed by atoms with Gasteiger partial charge in [0.1, 0.15) is 0 Å². The molecule has 1 amide bonds. The summed E-state index contributed by atoms with van der Waals surface area (Å²) in [5, 5.41) is 1.45. The molecule has 1 aromatic heterocycles. The van der Waals surface area contributed by atoms with Crippen LogP contribution in [0.15, 0.2) is 41.2 Å². The van der Waals surface area contributed by atoms with Gasteiger partial charge < -0.3 is 9.80 Å². The SMILES string of the molecule is Cc1ccc2sc3cc(C(=O)N4CCN(C)CC4)ccc3c(=O)c2c1. The minimum Gasteiger partial charge on any atom is -0.336 e. The predicted molar refractivity (Wildman–Crippen MR) is 104 cm³/mol. The Morgan fingerprint density at radius 2 is 1.72 bits per heavy atom. The van der Waals surface area contributed by atoms with Crippen molar-refractivity contribution in [3.05, 3.63) is 57.7 Å². The molecule has 0 saturated carbocycles. The lowest BCUT2D eigenvalue weighted by Crippen LogP contribution is -2.47. The molecule has 2 heterocycles. The van der Waals surface area contributed by atoms with Crippen LogP contribution in [0.2, 0.25) is 0 Å². The maximum atomic E-state index is 12.8. The van der Waals surface area contributed by atoms with Crippen LogP contribution in [0.3, 0.4) is 0 Å². The molecule has 4 rings (SSSR count). The van der Waals surface area contributed by atoms with Crippen molar-refractivity contribution in [3.63, 3.8) is 0 Å². The number of carbonyl (C=O) groups excluding carboxylic acids is 1. The summed E-state index contributed by atoms with van der Waals surface area (Å²) in [5.41, 5.74) is 1.79. The van der Waals surface area contributed by atoms with Crippen molar-refractivity contribution in [1.29, 1.82) is 0 Å². The molecule has 2 aromatic carbocycles. The molecule has 25 heavy (non-hydrogen) atoms. The second kappa shape index (κ2) is 6.24. The first-order chi connectivity index (χ1) is 12.0. The van der Waals surface area contributed by atoms with E-state index in [4.69, 9.17) is 0 Å². The summed E-state index contributed by atoms with van der Waals surface area (Å²) in [7, 11) is 2.07. The van der Waals surface area contributed by atoms with Gasteiger partial charge in [-0.2, -0.15) is 0 Å². The molecule has 4 nitrogen and oxygen atoms in total. The quantitative estimate of drug-likeness (QED) is 0.632. The van der Waals surface area contributed by atoms with Gasteiger partial charge in [0.25, 0.3) is 5.91 Å². The highest BCUT2D eigenvalue weighted by Crippen LogP contribution is 2.26. The maximum absolute atomic E-state index is 12.8. The van der Waals surface area contributed by atoms with Crippen molar-refractivity contribution in [2.75, 3.05) is 33.2 Å². The zero-order chi connectivity index (χ0) is 17.6. The van der Waals surface area contributed by atoms with E-state index in [1.807, 2.05) is 36.1 Å². The van der Waals surface area contributed by atoms with Gasteiger partial charge in [-0.25, -0.2) is 0 Å². The Kier molecular flexibility index (Phi) is 4.06. The number of hydrogen-bond acceptors (Lipinski definition) is 4. The van der Waals surface area contributed by atoms with Gasteiger partial charge in [0.2, 0.25) is 0 Å². The Balaban J connectivity index is 1.77. The molecule has 1 aliphatic heterocycles. The molecule has 1 fully saturated rings. The van der Waals surface area contributed by atoms with Crippen molar-refractivity contribution in [2.45, 2.75) is 6.92 Å². The van der Waals surface area contributed by atoms with Gasteiger partial charge in [-0.05, 0) is 44.3 Å². The van der Waals surface area contributed by atoms with E-state index < -0.39 is 0 Å². The number of benzene rings is 2. The van der Waals surface area contributed by atoms with E-state index in [0.29, 0.717) is 10.9 Å². The molecule has 0 spiro atoms. The lowest BCUT2D eigenvalue weighted by atomic mass is 10.1. The smallest absolute Gasteiger partial charge is 0.253 e. The molecule has 0 aliphatic carbocycles. The van der Waals surface area contributed by atoms with Crippen LogP contribution in [-0.4, -0.2) is 48.9 Å². The van der Waals surface area contributed by atoms with E-state index in [2.05, 4.69) is 11.9 Å². The summed E-state index contributed by atoms with van der Waals surface area (Å²) in [5.74, 6) is 0.0543. The second-order valence-corrected chi connectivity index (χ2v) is 7.82. The highest BCUT2D eigenvalue weighted by molar-refractivity contribution is 7.24. The topological polar surface area (TPSA) is 40.6 Å². The summed E-state index contributed by atoms with van der Waals surface area (Å²) in [4.78, 5) is 29.7. The molecule has 0 radical (unpaired) electrons. The van der Waals surface area contributed by atoms with E-state index in [1.54, 1.807) is 23.5 Å². The van der Waals surface area contributed by atoms with E-state index in [0.717, 1.165) is 46.5 Å². The first kappa shape index (κ1) is 16.2. The van der Waals surface area contributed by atoms with Gasteiger partial charge in [-0.1, -0.05) is 11.6 Å². The zero-order valence-corrected chi connectivity index (χ0v) is 15.2. The lowest BCUT2D eigenvalue weighted by Gasteiger charge is -2.32. The number of rotatable bonds is 1. The van der Waals surface area contributed by atoms with Crippen molar-refractivity contribution >= 4 is 37.4 Å². The molecule has 5 heteroatoms. The number of fused-ring (bicyclic) bond motifs is 2. The number of carbonyl (C=O) groups is 1. The summed E-state index contributed by atoms with van der Waals surface area (Å²) >= 11 is 1.57. The Labute approximate surface area is 150 Å². The maximum Gasteiger partial charge on any atom is 0.253 e. The molecule has 0 bridgehead atoms. The van der Waals surface area contributed by atoms with Gasteiger partial charge in [-0.15, -0.1) is 11.3 Å². The molecule has 0 atom stereocenters. The van der Waals surface area contributed by atoms with Crippen LogP contribution >= 0.6 is 11.3 Å². The molecule has 0 N–H and O–H groups in total. The van der Waals surface area contributed by atoms with Crippen molar-refractivity contribution in [1.82, 2.24) is 9.80 Å². The fourth-order valence-electron chi connectivity index (χ4n) is 3.29. The minimum atomic E-state index is 0.0473. The highest BCUT2D eigenvalue weighted by atomic mass is 32.1. The van der Waals surface area contributed by atoms with Crippen LogP contribution < -0.4 is 5.43 Å². The molecule has 3 aromatic rings. The van der Waals surface area contributed by atoms with Gasteiger partial charge >= 0.3 is 0 Å². The predicted octanol–water partition coefficient (Wildman–Crippen LogP) is 3.11. The Bertz CT molecular complexity index is 1030. The number of nitrogens with zero attached hydrogens (tertiary/aromatic N) is 2. The number of likely N-dealkylation sites (N-methyl/N-ethyl adjacent to an activating group) is 1. The third kappa shape index (κ3) is 2.94. The molecular formula is C20H20N2O2S. The third-order valence-corrected chi connectivity index (χ3v) is 6.00. The number of amides is 1. The fourth-order valence-corrected chi connectivity index (χ4v) is 4.38. The minimum absolute atomic E-state index is 0.0473. The molecular weight excluding hydrogens is 332 g/mol. The fraction of sp³-hybridized carbons (Fsp3) is 0.300. The van der Waals surface area contributed by atoms with E-state index in [-0.39, 0.29) is 11.3 Å². The summed E-state index contributed by atoms with van der Waals surface area (Å²) in [6.07, 6.45) is 0. The van der Waals surface area contributed by atoms with Crippen LogP contribution in [0.25, 0.3) is 20.2 Å². The Morgan fingerprint density at radius 3 is 2.48 bits per heavy atom. The van der Waals surface area contributed by atoms with E-state index >= 15 is 0 Å². The monoisotopic (exact) mass is 352 g/mol. The van der Waals surface area contributed by atoms with Crippen LogP contribution in [-0.2, 0) is 0 Å². The Morgan fingerprint density at radius 1 is 0.960 bits per heavy atom. The van der Waals surface area contributed by atoms with Gasteiger partial charge in [0, 0.05) is 51.9 Å². The highest BCUT2D eigenvalue weighted by Gasteiger charge is 2.21. The normalized spacial score (nSPS) is 15.8. The van der Waals surface area contributed by atoms with Crippen LogP contribution in [0.1, 0.15) is 15.9 Å². The van der Waals surface area contributed by atoms with Crippen molar-refractivity contribution in [2.24, 2.45) is 0 Å². The molecule has 1 aliphatic rings. The summed E-state index contributed by atoms with van der Waals surface area (Å²) in [6.45, 7) is 5.29. The second-order valence-electron chi connectivity index (χ2n) is 6.74. The van der Waals surface area contributed by atoms with Gasteiger partial charge in [0.15, 0.2) is 5.43 Å². The zero-order valence-electron chi connectivity index (χ0n) is 14.4. The Hall–Kier alpha value is -2.24. The van der Waals surface area contributed by atoms with Crippen molar-refractivity contribution < 1.29 is 4.79 Å². The number of hydrogen-bond donors (Lipinski definition) is 0. The molecule has 128 valence electrons. The summed E-state index contributed by atoms with van der Waals surface area (Å²) < 4.78 is 1.84. The first-order valence-electron chi connectivity index (χ1n) is 8.48. The van der Waals surface area contributed by atoms with E-state index in [9.17, 15) is 9.59 Å². The average molecular weight is 352 g/mol. The third-order valence-electron chi connectivity index (χ3n) is 4.86.